The summed E-state index contributed by atoms with van der Waals surface area (Å²) in [6.45, 7) is 4.53. The summed E-state index contributed by atoms with van der Waals surface area (Å²) in [4.78, 5) is 38.9. The van der Waals surface area contributed by atoms with Gasteiger partial charge in [-0.05, 0) is 36.1 Å². The molecule has 2 N–H and O–H groups in total. The Bertz CT molecular complexity index is 1390. The number of fused-ring (bicyclic) bond motifs is 1. The van der Waals surface area contributed by atoms with E-state index in [1.54, 1.807) is 39.7 Å². The first-order valence-electron chi connectivity index (χ1n) is 13.1. The molecule has 0 spiro atoms. The van der Waals surface area contributed by atoms with Gasteiger partial charge < -0.3 is 29.4 Å². The third-order valence-corrected chi connectivity index (χ3v) is 6.94. The van der Waals surface area contributed by atoms with Crippen LogP contribution in [0.25, 0.3) is 11.1 Å². The summed E-state index contributed by atoms with van der Waals surface area (Å²) in [6.07, 6.45) is 0.288. The number of aliphatic hydroxyl groups excluding tert-OH is 1. The maximum absolute atomic E-state index is 13.7. The first-order chi connectivity index (χ1) is 19.2. The zero-order valence-corrected chi connectivity index (χ0v) is 23.9. The molecule has 0 saturated heterocycles. The molecule has 4 aromatic rings. The summed E-state index contributed by atoms with van der Waals surface area (Å²) in [5.74, 6) is -0.0981. The van der Waals surface area contributed by atoms with E-state index in [-0.39, 0.29) is 25.0 Å². The molecule has 0 fully saturated rings. The molecule has 2 aromatic carbocycles. The van der Waals surface area contributed by atoms with E-state index in [4.69, 9.17) is 9.15 Å². The number of aliphatic hydroxyl groups is 1. The van der Waals surface area contributed by atoms with Crippen molar-refractivity contribution < 1.29 is 23.8 Å². The molecule has 0 aliphatic heterocycles. The highest BCUT2D eigenvalue weighted by Crippen LogP contribution is 2.23. The molecule has 4 rings (SSSR count). The van der Waals surface area contributed by atoms with Crippen molar-refractivity contribution in [2.45, 2.75) is 39.0 Å². The van der Waals surface area contributed by atoms with Crippen molar-refractivity contribution >= 4 is 40.5 Å². The number of oxazole rings is 1. The van der Waals surface area contributed by atoms with Gasteiger partial charge in [-0.3, -0.25) is 9.78 Å². The van der Waals surface area contributed by atoms with Gasteiger partial charge in [-0.25, -0.2) is 4.79 Å². The van der Waals surface area contributed by atoms with Crippen molar-refractivity contribution in [3.63, 3.8) is 0 Å². The van der Waals surface area contributed by atoms with Crippen molar-refractivity contribution in [3.05, 3.63) is 76.2 Å². The van der Waals surface area contributed by atoms with Crippen molar-refractivity contribution in [2.75, 3.05) is 32.1 Å². The van der Waals surface area contributed by atoms with Gasteiger partial charge in [0, 0.05) is 38.9 Å². The van der Waals surface area contributed by atoms with E-state index < -0.39 is 18.2 Å². The number of amides is 2. The molecule has 0 saturated carbocycles. The van der Waals surface area contributed by atoms with Crippen LogP contribution >= 0.6 is 11.3 Å². The average Bonchev–Trinajstić information content (AvgIpc) is 3.61. The number of carbonyl (C=O) groups is 2. The lowest BCUT2D eigenvalue weighted by Gasteiger charge is -2.31. The average molecular weight is 566 g/mol. The smallest absolute Gasteiger partial charge is 0.407 e. The number of aromatic nitrogens is 2. The van der Waals surface area contributed by atoms with Crippen LogP contribution in [-0.4, -0.2) is 71.3 Å². The maximum atomic E-state index is 13.7. The molecule has 0 unspecified atom stereocenters. The van der Waals surface area contributed by atoms with Gasteiger partial charge in [-0.2, -0.15) is 4.98 Å². The number of hydrogen-bond donors (Lipinski definition) is 2. The molecular weight excluding hydrogens is 530 g/mol. The van der Waals surface area contributed by atoms with Crippen LogP contribution in [-0.2, 0) is 17.8 Å². The second-order valence-electron chi connectivity index (χ2n) is 10.2. The number of ether oxygens (including phenoxy) is 1. The van der Waals surface area contributed by atoms with E-state index in [9.17, 15) is 14.7 Å². The van der Waals surface area contributed by atoms with Gasteiger partial charge in [-0.1, -0.05) is 44.2 Å². The molecule has 40 heavy (non-hydrogen) atoms. The van der Waals surface area contributed by atoms with Crippen molar-refractivity contribution in [1.82, 2.24) is 20.2 Å². The first-order valence-corrected chi connectivity index (χ1v) is 14.0. The summed E-state index contributed by atoms with van der Waals surface area (Å²) in [7, 11) is 3.66. The second kappa shape index (κ2) is 13.4. The topological polar surface area (TPSA) is 121 Å². The molecule has 10 nitrogen and oxygen atoms in total. The van der Waals surface area contributed by atoms with E-state index in [0.717, 1.165) is 10.4 Å². The van der Waals surface area contributed by atoms with Crippen LogP contribution in [0.5, 0.6) is 0 Å². The summed E-state index contributed by atoms with van der Waals surface area (Å²) in [5.41, 5.74) is 4.19. The van der Waals surface area contributed by atoms with Gasteiger partial charge in [0.2, 0.25) is 0 Å². The largest absolute Gasteiger partial charge is 0.444 e. The van der Waals surface area contributed by atoms with Gasteiger partial charge in [0.1, 0.15) is 12.1 Å². The van der Waals surface area contributed by atoms with Crippen LogP contribution in [0, 0.1) is 5.92 Å². The third-order valence-electron chi connectivity index (χ3n) is 6.18. The summed E-state index contributed by atoms with van der Waals surface area (Å²) in [5, 5.41) is 14.2. The number of nitrogens with one attached hydrogen (secondary N) is 1. The van der Waals surface area contributed by atoms with Crippen LogP contribution in [0.2, 0.25) is 0 Å². The van der Waals surface area contributed by atoms with E-state index in [0.29, 0.717) is 35.6 Å². The number of nitrogens with zero attached hydrogens (tertiary/aromatic N) is 4. The normalized spacial score (nSPS) is 12.8. The summed E-state index contributed by atoms with van der Waals surface area (Å²) < 4.78 is 11.2. The minimum atomic E-state index is -1.06. The molecule has 2 aromatic heterocycles. The maximum Gasteiger partial charge on any atom is 0.407 e. The highest BCUT2D eigenvalue weighted by Gasteiger charge is 2.28. The van der Waals surface area contributed by atoms with Crippen molar-refractivity contribution in [3.8, 4) is 0 Å². The number of carbonyl (C=O) groups excluding carboxylic acids is 2. The minimum Gasteiger partial charge on any atom is -0.444 e. The zero-order valence-electron chi connectivity index (χ0n) is 23.1. The molecule has 0 radical (unpaired) electrons. The van der Waals surface area contributed by atoms with Crippen molar-refractivity contribution in [1.29, 1.82) is 0 Å². The van der Waals surface area contributed by atoms with Crippen LogP contribution in [0.3, 0.4) is 0 Å². The highest BCUT2D eigenvalue weighted by molar-refractivity contribution is 7.09. The fraction of sp³-hybridized carbons (Fsp3) is 0.379. The fourth-order valence-electron chi connectivity index (χ4n) is 4.25. The lowest BCUT2D eigenvalue weighted by atomic mass is 10.00. The molecule has 2 heterocycles. The van der Waals surface area contributed by atoms with Gasteiger partial charge in [-0.15, -0.1) is 11.3 Å². The van der Waals surface area contributed by atoms with Crippen molar-refractivity contribution in [2.24, 2.45) is 5.92 Å². The lowest BCUT2D eigenvalue weighted by molar-refractivity contribution is 0.0494. The van der Waals surface area contributed by atoms with Crippen LogP contribution in [0.1, 0.15) is 34.6 Å². The molecule has 0 aliphatic carbocycles. The van der Waals surface area contributed by atoms with Gasteiger partial charge in [0.15, 0.2) is 5.58 Å². The second-order valence-corrected chi connectivity index (χ2v) is 11.2. The van der Waals surface area contributed by atoms with Crippen LogP contribution in [0.4, 0.5) is 10.8 Å². The zero-order chi connectivity index (χ0) is 28.6. The Kier molecular flexibility index (Phi) is 9.73. The Balaban J connectivity index is 1.51. The van der Waals surface area contributed by atoms with E-state index >= 15 is 0 Å². The Labute approximate surface area is 237 Å². The number of thiazole rings is 1. The lowest BCUT2D eigenvalue weighted by Crippen LogP contribution is -2.51. The molecule has 0 bridgehead atoms. The third kappa shape index (κ3) is 7.80. The molecule has 212 valence electrons. The predicted molar refractivity (Wildman–Crippen MR) is 154 cm³/mol. The number of hydrogen-bond acceptors (Lipinski definition) is 9. The number of alkyl carbamates (subject to hydrolysis) is 1. The summed E-state index contributed by atoms with van der Waals surface area (Å²) >= 11 is 1.39. The fourth-order valence-corrected chi connectivity index (χ4v) is 4.75. The number of rotatable bonds is 12. The van der Waals surface area contributed by atoms with Crippen LogP contribution in [0.15, 0.2) is 64.7 Å². The first kappa shape index (κ1) is 29.0. The Hall–Kier alpha value is -3.96. The SMILES string of the molecule is CC(C)CN(C[C@@H](O)[C@H](Cc1ccccc1)NC(=O)OCc1cncs1)C(=O)c1ccc2nc(N(C)C)oc2c1. The number of benzene rings is 2. The molecule has 11 heteroatoms. The van der Waals surface area contributed by atoms with Gasteiger partial charge in [0.05, 0.1) is 22.5 Å². The molecule has 2 amide bonds. The Morgan fingerprint density at radius 2 is 1.90 bits per heavy atom. The standard InChI is InChI=1S/C29H35N5O5S/c1-19(2)15-34(27(36)21-10-11-23-26(13-21)39-28(31-23)33(3)4)16-25(35)24(12-20-8-6-5-7-9-20)32-29(37)38-17-22-14-30-18-40-22/h5-11,13-14,18-19,24-25,35H,12,15-17H2,1-4H3,(H,32,37)/t24-,25+/m0/s1. The monoisotopic (exact) mass is 565 g/mol. The Morgan fingerprint density at radius 1 is 1.12 bits per heavy atom. The van der Waals surface area contributed by atoms with E-state index in [1.165, 1.54) is 11.3 Å². The van der Waals surface area contributed by atoms with Crippen LogP contribution < -0.4 is 10.2 Å². The Morgan fingerprint density at radius 3 is 2.58 bits per heavy atom. The van der Waals surface area contributed by atoms with Gasteiger partial charge in [0.25, 0.3) is 11.9 Å². The van der Waals surface area contributed by atoms with Gasteiger partial charge >= 0.3 is 6.09 Å². The molecular formula is C29H35N5O5S. The molecule has 2 atom stereocenters. The molecule has 0 aliphatic rings. The quantitative estimate of drug-likeness (QED) is 0.260. The minimum absolute atomic E-state index is 0.0149. The van der Waals surface area contributed by atoms with E-state index in [1.807, 2.05) is 58.3 Å². The highest BCUT2D eigenvalue weighted by atomic mass is 32.1. The summed E-state index contributed by atoms with van der Waals surface area (Å²) in [6, 6.07) is 14.4. The predicted octanol–water partition coefficient (Wildman–Crippen LogP) is 4.35. The van der Waals surface area contributed by atoms with E-state index in [2.05, 4.69) is 15.3 Å². The number of anilines is 1.